The van der Waals surface area contributed by atoms with Crippen LogP contribution in [-0.4, -0.2) is 6.85 Å². The Hall–Kier alpha value is -6.99. The van der Waals surface area contributed by atoms with Gasteiger partial charge in [0.1, 0.15) is 11.5 Å². The van der Waals surface area contributed by atoms with Crippen molar-refractivity contribution >= 4 is 89.5 Å². The molecule has 3 nitrogen and oxygen atoms in total. The van der Waals surface area contributed by atoms with Crippen molar-refractivity contribution < 1.29 is 4.74 Å². The van der Waals surface area contributed by atoms with Crippen LogP contribution in [0.4, 0.5) is 28.4 Å². The van der Waals surface area contributed by atoms with Gasteiger partial charge in [-0.25, -0.2) is 0 Å². The van der Waals surface area contributed by atoms with Crippen molar-refractivity contribution in [2.24, 2.45) is 0 Å². The number of rotatable bonds is 4. The second-order valence-electron chi connectivity index (χ2n) is 23.2. The molecule has 1 aliphatic carbocycles. The Kier molecular flexibility index (Phi) is 9.80. The van der Waals surface area contributed by atoms with Gasteiger partial charge in [-0.15, -0.1) is 11.3 Å². The van der Waals surface area contributed by atoms with Gasteiger partial charge in [-0.05, 0) is 158 Å². The molecule has 4 heterocycles. The number of benzene rings is 9. The van der Waals surface area contributed by atoms with Gasteiger partial charge in [-0.1, -0.05) is 163 Å². The maximum Gasteiger partial charge on any atom is 0.333 e. The third-order valence-corrected chi connectivity index (χ3v) is 18.8. The number of nitrogens with zero attached hydrogens (tertiary/aromatic N) is 2. The second-order valence-corrected chi connectivity index (χ2v) is 25.4. The molecule has 73 heavy (non-hydrogen) atoms. The first-order valence-corrected chi connectivity index (χ1v) is 27.6. The average molecular weight is 981 g/mol. The van der Waals surface area contributed by atoms with Gasteiger partial charge in [-0.3, -0.25) is 0 Å². The van der Waals surface area contributed by atoms with Crippen molar-refractivity contribution in [1.29, 1.82) is 0 Å². The lowest BCUT2D eigenvalue weighted by atomic mass is 9.43. The molecule has 10 aromatic rings. The number of thiophene rings is 1. The van der Waals surface area contributed by atoms with Gasteiger partial charge in [0, 0.05) is 65.8 Å². The molecule has 6 heteroatoms. The summed E-state index contributed by atoms with van der Waals surface area (Å²) in [5, 5.41) is 2.60. The Labute approximate surface area is 438 Å². The van der Waals surface area contributed by atoms with E-state index in [0.29, 0.717) is 0 Å². The standard InChI is InChI=1S/C67H57BN2OS2/c1-40-31-50-51(67(7,8)30-29-66(50,5)6)36-54(40)69-56-38-59-63(73-61-26-18-16-24-58(61)71-59)37-52(56)68-64-49(32-43(33-57(64)69)41-19-11-9-12-20-41)47-35-48-45-23-15-17-25-60(45)72-62(48)39-55(47)70(68)53-28-27-44(65(2,3)4)34-46(53)42-21-13-10-14-22-42/h9-28,31-39H,29-30H2,1-8H3. The molecule has 356 valence electrons. The number of anilines is 5. The Morgan fingerprint density at radius 1 is 0.507 bits per heavy atom. The minimum absolute atomic E-state index is 0.0105. The molecule has 0 spiro atoms. The molecule has 0 saturated carbocycles. The fourth-order valence-electron chi connectivity index (χ4n) is 12.5. The molecule has 0 unspecified atom stereocenters. The molecule has 0 fully saturated rings. The van der Waals surface area contributed by atoms with Crippen molar-refractivity contribution in [3.63, 3.8) is 0 Å². The number of fused-ring (bicyclic) bond motifs is 10. The summed E-state index contributed by atoms with van der Waals surface area (Å²) in [6, 6.07) is 66.9. The maximum absolute atomic E-state index is 7.00. The Morgan fingerprint density at radius 2 is 1.21 bits per heavy atom. The van der Waals surface area contributed by atoms with E-state index in [4.69, 9.17) is 4.74 Å². The van der Waals surface area contributed by atoms with E-state index >= 15 is 0 Å². The smallest absolute Gasteiger partial charge is 0.333 e. The van der Waals surface area contributed by atoms with E-state index in [1.807, 2.05) is 23.1 Å². The number of ether oxygens (including phenoxy) is 1. The highest BCUT2D eigenvalue weighted by Crippen LogP contribution is 2.56. The van der Waals surface area contributed by atoms with Crippen molar-refractivity contribution in [2.75, 3.05) is 9.71 Å². The second kappa shape index (κ2) is 16.0. The van der Waals surface area contributed by atoms with E-state index in [1.165, 1.54) is 116 Å². The van der Waals surface area contributed by atoms with E-state index in [0.717, 1.165) is 33.4 Å². The first-order valence-electron chi connectivity index (χ1n) is 26.0. The van der Waals surface area contributed by atoms with Crippen molar-refractivity contribution in [2.45, 2.75) is 94.3 Å². The molecule has 0 bridgehead atoms. The molecule has 3 aliphatic heterocycles. The molecule has 14 rings (SSSR count). The monoisotopic (exact) mass is 980 g/mol. The van der Waals surface area contributed by atoms with Gasteiger partial charge in [0.25, 0.3) is 0 Å². The van der Waals surface area contributed by atoms with Gasteiger partial charge in [-0.2, -0.15) is 0 Å². The van der Waals surface area contributed by atoms with Gasteiger partial charge >= 0.3 is 6.85 Å². The highest BCUT2D eigenvalue weighted by Gasteiger charge is 2.48. The van der Waals surface area contributed by atoms with Crippen LogP contribution in [0.15, 0.2) is 186 Å². The van der Waals surface area contributed by atoms with Gasteiger partial charge in [0.2, 0.25) is 0 Å². The first kappa shape index (κ1) is 44.7. The number of aryl methyl sites for hydroxylation is 1. The van der Waals surface area contributed by atoms with Crippen LogP contribution in [0.5, 0.6) is 11.5 Å². The minimum atomic E-state index is -0.209. The van der Waals surface area contributed by atoms with Crippen molar-refractivity contribution in [1.82, 2.24) is 0 Å². The molecule has 0 radical (unpaired) electrons. The molecule has 9 aromatic carbocycles. The molecule has 0 amide bonds. The Bertz CT molecular complexity index is 3940. The molecule has 1 aromatic heterocycles. The summed E-state index contributed by atoms with van der Waals surface area (Å²) >= 11 is 3.72. The summed E-state index contributed by atoms with van der Waals surface area (Å²) in [6.07, 6.45) is 2.30. The Morgan fingerprint density at radius 3 is 1.97 bits per heavy atom. The van der Waals surface area contributed by atoms with E-state index < -0.39 is 0 Å². The predicted octanol–water partition coefficient (Wildman–Crippen LogP) is 18.3. The largest absolute Gasteiger partial charge is 0.455 e. The van der Waals surface area contributed by atoms with Crippen LogP contribution in [0, 0.1) is 6.92 Å². The average Bonchev–Trinajstić information content (AvgIpc) is 3.76. The molecular weight excluding hydrogens is 924 g/mol. The number of hydrogen-bond acceptors (Lipinski definition) is 5. The zero-order valence-corrected chi connectivity index (χ0v) is 44.5. The normalized spacial score (nSPS) is 15.8. The third kappa shape index (κ3) is 6.93. The van der Waals surface area contributed by atoms with Crippen LogP contribution in [-0.2, 0) is 16.2 Å². The Balaban J connectivity index is 1.15. The van der Waals surface area contributed by atoms with Crippen molar-refractivity contribution in [3.05, 3.63) is 198 Å². The highest BCUT2D eigenvalue weighted by molar-refractivity contribution is 7.99. The van der Waals surface area contributed by atoms with E-state index in [1.54, 1.807) is 0 Å². The van der Waals surface area contributed by atoms with Crippen LogP contribution >= 0.6 is 23.1 Å². The zero-order chi connectivity index (χ0) is 49.7. The van der Waals surface area contributed by atoms with Gasteiger partial charge < -0.3 is 14.4 Å². The topological polar surface area (TPSA) is 15.7 Å². The first-order chi connectivity index (χ1) is 35.2. The molecule has 4 aliphatic rings. The summed E-state index contributed by atoms with van der Waals surface area (Å²) in [5.74, 6) is 1.79. The fourth-order valence-corrected chi connectivity index (χ4v) is 14.6. The predicted molar refractivity (Wildman–Crippen MR) is 313 cm³/mol. The minimum Gasteiger partial charge on any atom is -0.455 e. The fraction of sp³-hybridized carbons (Fsp3) is 0.194. The van der Waals surface area contributed by atoms with E-state index in [9.17, 15) is 0 Å². The number of para-hydroxylation sites is 1. The number of hydrogen-bond donors (Lipinski definition) is 0. The summed E-state index contributed by atoms with van der Waals surface area (Å²) in [6.45, 7) is 18.9. The highest BCUT2D eigenvalue weighted by atomic mass is 32.2. The molecule has 0 atom stereocenters. The SMILES string of the molecule is Cc1cc2c(cc1N1c3cc4c(cc3B3c5c(cc(-c6ccccc6)cc51)-c1cc5c(cc1N3c1ccc(C(C)(C)C)cc1-c1ccccc1)sc1ccccc15)Sc1ccccc1O4)C(C)(C)CCC2(C)C. The lowest BCUT2D eigenvalue weighted by molar-refractivity contribution is 0.332. The van der Waals surface area contributed by atoms with Crippen LogP contribution in [0.2, 0.25) is 0 Å². The van der Waals surface area contributed by atoms with Crippen LogP contribution in [0.25, 0.3) is 53.6 Å². The van der Waals surface area contributed by atoms with Crippen molar-refractivity contribution in [3.8, 4) is 44.9 Å². The third-order valence-electron chi connectivity index (χ3n) is 16.6. The zero-order valence-electron chi connectivity index (χ0n) is 42.9. The molecule has 0 N–H and O–H groups in total. The van der Waals surface area contributed by atoms with Gasteiger partial charge in [0.15, 0.2) is 0 Å². The molecular formula is C67H57BN2OS2. The quantitative estimate of drug-likeness (QED) is 0.163. The summed E-state index contributed by atoms with van der Waals surface area (Å²) in [5.41, 5.74) is 21.4. The van der Waals surface area contributed by atoms with Gasteiger partial charge in [0.05, 0.1) is 9.79 Å². The van der Waals surface area contributed by atoms with Crippen LogP contribution in [0.1, 0.15) is 83.6 Å². The summed E-state index contributed by atoms with van der Waals surface area (Å²) < 4.78 is 9.60. The van der Waals surface area contributed by atoms with E-state index in [2.05, 4.69) is 241 Å². The molecule has 0 saturated heterocycles. The lowest BCUT2D eigenvalue weighted by Crippen LogP contribution is -2.61. The summed E-state index contributed by atoms with van der Waals surface area (Å²) in [4.78, 5) is 7.64. The summed E-state index contributed by atoms with van der Waals surface area (Å²) in [7, 11) is 0. The maximum atomic E-state index is 7.00. The lowest BCUT2D eigenvalue weighted by Gasteiger charge is -2.48. The van der Waals surface area contributed by atoms with Crippen LogP contribution in [0.3, 0.4) is 0 Å². The van der Waals surface area contributed by atoms with E-state index in [-0.39, 0.29) is 23.1 Å². The van der Waals surface area contributed by atoms with Crippen LogP contribution < -0.4 is 25.4 Å².